The zero-order valence-electron chi connectivity index (χ0n) is 8.70. The van der Waals surface area contributed by atoms with Crippen molar-refractivity contribution >= 4 is 27.5 Å². The van der Waals surface area contributed by atoms with Crippen molar-refractivity contribution in [2.75, 3.05) is 0 Å². The van der Waals surface area contributed by atoms with E-state index in [9.17, 15) is 9.50 Å². The summed E-state index contributed by atoms with van der Waals surface area (Å²) in [6, 6.07) is 11.5. The molecule has 0 aromatic heterocycles. The van der Waals surface area contributed by atoms with E-state index < -0.39 is 11.9 Å². The monoisotopic (exact) mass is 314 g/mol. The van der Waals surface area contributed by atoms with Crippen LogP contribution >= 0.6 is 27.5 Å². The van der Waals surface area contributed by atoms with E-state index in [4.69, 9.17) is 11.6 Å². The Morgan fingerprint density at radius 2 is 1.65 bits per heavy atom. The maximum atomic E-state index is 13.3. The molecule has 17 heavy (non-hydrogen) atoms. The second-order valence-corrected chi connectivity index (χ2v) is 4.95. The molecule has 0 fully saturated rings. The van der Waals surface area contributed by atoms with E-state index in [-0.39, 0.29) is 5.02 Å². The third-order valence-corrected chi connectivity index (χ3v) is 3.28. The Hall–Kier alpha value is -0.900. The van der Waals surface area contributed by atoms with E-state index >= 15 is 0 Å². The number of hydrogen-bond acceptors (Lipinski definition) is 1. The predicted octanol–water partition coefficient (Wildman–Crippen LogP) is 4.32. The van der Waals surface area contributed by atoms with Crippen molar-refractivity contribution in [3.8, 4) is 0 Å². The molecule has 0 saturated heterocycles. The van der Waals surface area contributed by atoms with Crippen molar-refractivity contribution in [3.63, 3.8) is 0 Å². The van der Waals surface area contributed by atoms with E-state index in [2.05, 4.69) is 15.9 Å². The average molecular weight is 316 g/mol. The van der Waals surface area contributed by atoms with Crippen LogP contribution < -0.4 is 0 Å². The topological polar surface area (TPSA) is 20.2 Å². The molecule has 88 valence electrons. The summed E-state index contributed by atoms with van der Waals surface area (Å²) >= 11 is 8.90. The van der Waals surface area contributed by atoms with E-state index in [1.165, 1.54) is 12.1 Å². The number of halogens is 3. The molecule has 2 aromatic carbocycles. The van der Waals surface area contributed by atoms with Gasteiger partial charge in [0.2, 0.25) is 0 Å². The molecule has 0 bridgehead atoms. The van der Waals surface area contributed by atoms with Gasteiger partial charge >= 0.3 is 0 Å². The number of aliphatic hydroxyl groups is 1. The highest BCUT2D eigenvalue weighted by Gasteiger charge is 2.12. The second-order valence-electron chi connectivity index (χ2n) is 3.63. The maximum Gasteiger partial charge on any atom is 0.142 e. The van der Waals surface area contributed by atoms with Crippen LogP contribution in [-0.4, -0.2) is 5.11 Å². The standard InChI is InChI=1S/C13H9BrClFO/c14-10-4-1-8(2-5-10)13(17)9-3-6-11(15)12(16)7-9/h1-7,13,17H/t13-/m1/s1. The van der Waals surface area contributed by atoms with Crippen LogP contribution in [0.3, 0.4) is 0 Å². The fraction of sp³-hybridized carbons (Fsp3) is 0.0769. The Morgan fingerprint density at radius 3 is 2.24 bits per heavy atom. The summed E-state index contributed by atoms with van der Waals surface area (Å²) in [5, 5.41) is 10.1. The smallest absolute Gasteiger partial charge is 0.142 e. The van der Waals surface area contributed by atoms with Gasteiger partial charge < -0.3 is 5.11 Å². The first kappa shape index (κ1) is 12.6. The van der Waals surface area contributed by atoms with Crippen molar-refractivity contribution in [1.29, 1.82) is 0 Å². The molecule has 1 atom stereocenters. The summed E-state index contributed by atoms with van der Waals surface area (Å²) in [5.74, 6) is -0.527. The lowest BCUT2D eigenvalue weighted by molar-refractivity contribution is 0.220. The first-order chi connectivity index (χ1) is 8.08. The van der Waals surface area contributed by atoms with E-state index in [1.54, 1.807) is 18.2 Å². The van der Waals surface area contributed by atoms with Crippen LogP contribution in [0.15, 0.2) is 46.9 Å². The molecule has 2 aromatic rings. The molecule has 0 aliphatic heterocycles. The lowest BCUT2D eigenvalue weighted by atomic mass is 10.0. The van der Waals surface area contributed by atoms with Gasteiger partial charge in [-0.1, -0.05) is 45.7 Å². The Balaban J connectivity index is 2.33. The molecule has 2 rings (SSSR count). The van der Waals surface area contributed by atoms with Gasteiger partial charge in [-0.05, 0) is 35.4 Å². The van der Waals surface area contributed by atoms with Gasteiger partial charge in [-0.25, -0.2) is 4.39 Å². The third-order valence-electron chi connectivity index (χ3n) is 2.45. The summed E-state index contributed by atoms with van der Waals surface area (Å²) in [5.41, 5.74) is 1.18. The number of rotatable bonds is 2. The van der Waals surface area contributed by atoms with Crippen LogP contribution in [0.5, 0.6) is 0 Å². The molecule has 0 aliphatic carbocycles. The summed E-state index contributed by atoms with van der Waals surface area (Å²) in [7, 11) is 0. The molecule has 0 spiro atoms. The first-order valence-electron chi connectivity index (χ1n) is 4.96. The molecule has 0 unspecified atom stereocenters. The van der Waals surface area contributed by atoms with Gasteiger partial charge in [0.05, 0.1) is 5.02 Å². The summed E-state index contributed by atoms with van der Waals surface area (Å²) in [6.07, 6.45) is -0.852. The van der Waals surface area contributed by atoms with Crippen LogP contribution in [0.25, 0.3) is 0 Å². The fourth-order valence-corrected chi connectivity index (χ4v) is 1.90. The zero-order valence-corrected chi connectivity index (χ0v) is 11.0. The van der Waals surface area contributed by atoms with E-state index in [0.29, 0.717) is 11.1 Å². The van der Waals surface area contributed by atoms with Gasteiger partial charge in [0.15, 0.2) is 0 Å². The van der Waals surface area contributed by atoms with Crippen LogP contribution in [0, 0.1) is 5.82 Å². The predicted molar refractivity (Wildman–Crippen MR) is 69.6 cm³/mol. The summed E-state index contributed by atoms with van der Waals surface area (Å²) in [6.45, 7) is 0. The molecule has 0 amide bonds. The molecule has 0 radical (unpaired) electrons. The number of hydrogen-bond donors (Lipinski definition) is 1. The minimum Gasteiger partial charge on any atom is -0.384 e. The Labute approximate surface area is 112 Å². The molecular formula is C13H9BrClFO. The quantitative estimate of drug-likeness (QED) is 0.875. The summed E-state index contributed by atoms with van der Waals surface area (Å²) in [4.78, 5) is 0. The van der Waals surface area contributed by atoms with E-state index in [1.807, 2.05) is 12.1 Å². The Morgan fingerprint density at radius 1 is 1.06 bits per heavy atom. The largest absolute Gasteiger partial charge is 0.384 e. The van der Waals surface area contributed by atoms with Gasteiger partial charge in [-0.3, -0.25) is 0 Å². The molecule has 0 saturated carbocycles. The highest BCUT2D eigenvalue weighted by molar-refractivity contribution is 9.10. The zero-order chi connectivity index (χ0) is 12.4. The number of benzene rings is 2. The molecule has 1 N–H and O–H groups in total. The second kappa shape index (κ2) is 5.17. The molecule has 0 aliphatic rings. The van der Waals surface area contributed by atoms with Gasteiger partial charge in [0.25, 0.3) is 0 Å². The van der Waals surface area contributed by atoms with Gasteiger partial charge in [-0.15, -0.1) is 0 Å². The molecule has 4 heteroatoms. The van der Waals surface area contributed by atoms with E-state index in [0.717, 1.165) is 4.47 Å². The Kier molecular flexibility index (Phi) is 3.82. The van der Waals surface area contributed by atoms with Crippen LogP contribution in [0.4, 0.5) is 4.39 Å². The molecule has 1 nitrogen and oxygen atoms in total. The Bertz CT molecular complexity index is 527. The first-order valence-corrected chi connectivity index (χ1v) is 6.13. The van der Waals surface area contributed by atoms with Crippen molar-refractivity contribution in [3.05, 3.63) is 68.9 Å². The minimum atomic E-state index is -0.852. The lowest BCUT2D eigenvalue weighted by Gasteiger charge is -2.12. The van der Waals surface area contributed by atoms with Crippen molar-refractivity contribution in [2.24, 2.45) is 0 Å². The van der Waals surface area contributed by atoms with Gasteiger partial charge in [-0.2, -0.15) is 0 Å². The van der Waals surface area contributed by atoms with Crippen molar-refractivity contribution < 1.29 is 9.50 Å². The molecular weight excluding hydrogens is 306 g/mol. The third kappa shape index (κ3) is 2.86. The van der Waals surface area contributed by atoms with Crippen molar-refractivity contribution in [1.82, 2.24) is 0 Å². The van der Waals surface area contributed by atoms with Crippen LogP contribution in [0.2, 0.25) is 5.02 Å². The van der Waals surface area contributed by atoms with Crippen molar-refractivity contribution in [2.45, 2.75) is 6.10 Å². The maximum absolute atomic E-state index is 13.3. The highest BCUT2D eigenvalue weighted by atomic mass is 79.9. The number of aliphatic hydroxyl groups excluding tert-OH is 1. The molecule has 0 heterocycles. The average Bonchev–Trinajstić information content (AvgIpc) is 2.33. The highest BCUT2D eigenvalue weighted by Crippen LogP contribution is 2.26. The van der Waals surface area contributed by atoms with Crippen LogP contribution in [-0.2, 0) is 0 Å². The normalized spacial score (nSPS) is 12.5. The summed E-state index contributed by atoms with van der Waals surface area (Å²) < 4.78 is 14.2. The SMILES string of the molecule is O[C@H](c1ccc(Br)cc1)c1ccc(Cl)c(F)c1. The van der Waals surface area contributed by atoms with Gasteiger partial charge in [0.1, 0.15) is 11.9 Å². The van der Waals surface area contributed by atoms with Crippen LogP contribution in [0.1, 0.15) is 17.2 Å². The fourth-order valence-electron chi connectivity index (χ4n) is 1.52. The van der Waals surface area contributed by atoms with Gasteiger partial charge in [0, 0.05) is 4.47 Å². The lowest BCUT2D eigenvalue weighted by Crippen LogP contribution is -2.00. The minimum absolute atomic E-state index is 0.0526.